The van der Waals surface area contributed by atoms with Crippen LogP contribution in [0.5, 0.6) is 0 Å². The lowest BCUT2D eigenvalue weighted by Gasteiger charge is -2.11. The molecule has 32 heavy (non-hydrogen) atoms. The van der Waals surface area contributed by atoms with Gasteiger partial charge < -0.3 is 15.2 Å². The maximum Gasteiger partial charge on any atom is 0.0676 e. The predicted molar refractivity (Wildman–Crippen MR) is 140 cm³/mol. The third-order valence-electron chi connectivity index (χ3n) is 4.59. The van der Waals surface area contributed by atoms with Gasteiger partial charge in [-0.2, -0.15) is 0 Å². The first-order valence-electron chi connectivity index (χ1n) is 10.1. The largest absolute Gasteiger partial charge is 0.397 e. The Morgan fingerprint density at radius 1 is 0.656 bits per heavy atom. The third kappa shape index (κ3) is 6.27. The van der Waals surface area contributed by atoms with Gasteiger partial charge in [0.05, 0.1) is 11.4 Å². The molecule has 158 valence electrons. The summed E-state index contributed by atoms with van der Waals surface area (Å²) >= 11 is 3.07. The molecule has 0 saturated carbocycles. The quantitative estimate of drug-likeness (QED) is 0.163. The minimum absolute atomic E-state index is 0.710. The molecule has 4 N–H and O–H groups in total. The van der Waals surface area contributed by atoms with E-state index in [-0.39, 0.29) is 0 Å². The van der Waals surface area contributed by atoms with Crippen LogP contribution in [0.1, 0.15) is 16.7 Å². The van der Waals surface area contributed by atoms with Crippen molar-refractivity contribution in [2.75, 3.05) is 15.2 Å². The van der Waals surface area contributed by atoms with Gasteiger partial charge in [0.25, 0.3) is 0 Å². The first-order valence-corrected chi connectivity index (χ1v) is 11.8. The number of rotatable bonds is 6. The van der Waals surface area contributed by atoms with Crippen LogP contribution in [0, 0.1) is 18.8 Å². The standard InChI is InChI=1S/C27H23N3S2/c1-20-6-5-7-22(18-20)11-10-21-12-14-23(15-13-21)29-32-25-16-17-27(26(28)19-25)30-31-24-8-3-2-4-9-24/h2-9,12-19,29-30H,28H2,1H3. The summed E-state index contributed by atoms with van der Waals surface area (Å²) in [5.74, 6) is 6.43. The molecule has 4 aromatic rings. The molecule has 0 atom stereocenters. The Labute approximate surface area is 198 Å². The average molecular weight is 454 g/mol. The van der Waals surface area contributed by atoms with Crippen LogP contribution in [0.4, 0.5) is 17.1 Å². The number of nitrogens with one attached hydrogen (secondary N) is 2. The first kappa shape index (κ1) is 21.8. The zero-order valence-electron chi connectivity index (χ0n) is 17.6. The Kier molecular flexibility index (Phi) is 7.29. The van der Waals surface area contributed by atoms with Crippen molar-refractivity contribution in [1.29, 1.82) is 0 Å². The zero-order valence-corrected chi connectivity index (χ0v) is 19.3. The number of nitrogens with two attached hydrogens (primary N) is 1. The van der Waals surface area contributed by atoms with Gasteiger partial charge in [0.2, 0.25) is 0 Å². The normalized spacial score (nSPS) is 10.2. The van der Waals surface area contributed by atoms with Crippen molar-refractivity contribution in [1.82, 2.24) is 0 Å². The van der Waals surface area contributed by atoms with Gasteiger partial charge in [0, 0.05) is 26.6 Å². The molecule has 0 aliphatic heterocycles. The van der Waals surface area contributed by atoms with E-state index < -0.39 is 0 Å². The fourth-order valence-corrected chi connectivity index (χ4v) is 4.31. The number of hydrogen-bond donors (Lipinski definition) is 3. The van der Waals surface area contributed by atoms with Gasteiger partial charge >= 0.3 is 0 Å². The molecule has 0 radical (unpaired) electrons. The highest BCUT2D eigenvalue weighted by Crippen LogP contribution is 2.30. The molecule has 4 rings (SSSR count). The van der Waals surface area contributed by atoms with Crippen LogP contribution < -0.4 is 15.2 Å². The molecule has 4 aromatic carbocycles. The molecule has 0 saturated heterocycles. The summed E-state index contributed by atoms with van der Waals surface area (Å²) in [6.07, 6.45) is 0. The highest BCUT2D eigenvalue weighted by Gasteiger charge is 2.03. The highest BCUT2D eigenvalue weighted by molar-refractivity contribution is 8.00. The van der Waals surface area contributed by atoms with E-state index in [4.69, 9.17) is 5.73 Å². The van der Waals surface area contributed by atoms with Crippen LogP contribution in [0.2, 0.25) is 0 Å². The predicted octanol–water partition coefficient (Wildman–Crippen LogP) is 7.22. The van der Waals surface area contributed by atoms with E-state index in [0.29, 0.717) is 5.69 Å². The summed E-state index contributed by atoms with van der Waals surface area (Å²) < 4.78 is 6.67. The maximum atomic E-state index is 6.23. The van der Waals surface area contributed by atoms with Crippen molar-refractivity contribution >= 4 is 41.0 Å². The minimum atomic E-state index is 0.710. The van der Waals surface area contributed by atoms with Gasteiger partial charge in [0.1, 0.15) is 0 Å². The van der Waals surface area contributed by atoms with Crippen LogP contribution >= 0.6 is 23.9 Å². The molecule has 0 aromatic heterocycles. The number of aryl methyl sites for hydroxylation is 1. The van der Waals surface area contributed by atoms with Gasteiger partial charge in [-0.3, -0.25) is 0 Å². The van der Waals surface area contributed by atoms with E-state index in [9.17, 15) is 0 Å². The monoisotopic (exact) mass is 453 g/mol. The molecular weight excluding hydrogens is 430 g/mol. The number of anilines is 3. The van der Waals surface area contributed by atoms with Crippen molar-refractivity contribution < 1.29 is 0 Å². The summed E-state index contributed by atoms with van der Waals surface area (Å²) in [6, 6.07) is 32.5. The van der Waals surface area contributed by atoms with Crippen molar-refractivity contribution in [3.8, 4) is 11.8 Å². The van der Waals surface area contributed by atoms with Gasteiger partial charge in [-0.1, -0.05) is 42.2 Å². The van der Waals surface area contributed by atoms with Crippen LogP contribution in [-0.2, 0) is 0 Å². The fourth-order valence-electron chi connectivity index (χ4n) is 2.91. The highest BCUT2D eigenvalue weighted by atomic mass is 32.2. The summed E-state index contributed by atoms with van der Waals surface area (Å²) in [4.78, 5) is 2.18. The van der Waals surface area contributed by atoms with E-state index in [0.717, 1.165) is 32.3 Å². The van der Waals surface area contributed by atoms with E-state index in [1.54, 1.807) is 11.9 Å². The van der Waals surface area contributed by atoms with E-state index >= 15 is 0 Å². The Bertz CT molecular complexity index is 1240. The first-order chi connectivity index (χ1) is 15.7. The second-order valence-electron chi connectivity index (χ2n) is 7.17. The maximum absolute atomic E-state index is 6.23. The lowest BCUT2D eigenvalue weighted by Crippen LogP contribution is -1.95. The average Bonchev–Trinajstić information content (AvgIpc) is 2.82. The van der Waals surface area contributed by atoms with Gasteiger partial charge in [0.15, 0.2) is 0 Å². The Morgan fingerprint density at radius 3 is 2.16 bits per heavy atom. The van der Waals surface area contributed by atoms with E-state index in [2.05, 4.69) is 52.5 Å². The molecule has 0 spiro atoms. The number of nitrogen functional groups attached to an aromatic ring is 1. The van der Waals surface area contributed by atoms with Crippen molar-refractivity contribution in [2.45, 2.75) is 16.7 Å². The van der Waals surface area contributed by atoms with Gasteiger partial charge in [-0.15, -0.1) is 0 Å². The number of hydrogen-bond acceptors (Lipinski definition) is 5. The molecule has 0 aliphatic rings. The molecule has 0 fully saturated rings. The summed E-state index contributed by atoms with van der Waals surface area (Å²) in [7, 11) is 0. The minimum Gasteiger partial charge on any atom is -0.397 e. The van der Waals surface area contributed by atoms with Gasteiger partial charge in [-0.25, -0.2) is 0 Å². The molecule has 3 nitrogen and oxygen atoms in total. The lowest BCUT2D eigenvalue weighted by molar-refractivity contribution is 1.45. The lowest BCUT2D eigenvalue weighted by atomic mass is 10.1. The summed E-state index contributed by atoms with van der Waals surface area (Å²) in [5.41, 5.74) is 12.1. The second kappa shape index (κ2) is 10.7. The molecular formula is C27H23N3S2. The summed E-state index contributed by atoms with van der Waals surface area (Å²) in [5, 5.41) is 0. The zero-order chi connectivity index (χ0) is 22.2. The molecule has 0 heterocycles. The second-order valence-corrected chi connectivity index (χ2v) is 8.93. The van der Waals surface area contributed by atoms with Crippen molar-refractivity contribution in [2.24, 2.45) is 0 Å². The summed E-state index contributed by atoms with van der Waals surface area (Å²) in [6.45, 7) is 2.07. The van der Waals surface area contributed by atoms with Crippen molar-refractivity contribution in [3.05, 3.63) is 114 Å². The Morgan fingerprint density at radius 2 is 1.41 bits per heavy atom. The fraction of sp³-hybridized carbons (Fsp3) is 0.0370. The molecule has 0 aliphatic carbocycles. The smallest absolute Gasteiger partial charge is 0.0676 e. The SMILES string of the molecule is Cc1cccc(C#Cc2ccc(NSc3ccc(NSc4ccccc4)c(N)c3)cc2)c1. The molecule has 5 heteroatoms. The Balaban J connectivity index is 1.32. The Hall–Kier alpha value is -3.46. The van der Waals surface area contributed by atoms with Gasteiger partial charge in [-0.05, 0) is 103 Å². The topological polar surface area (TPSA) is 50.1 Å². The third-order valence-corrected chi connectivity index (χ3v) is 6.24. The van der Waals surface area contributed by atoms with Crippen LogP contribution in [0.15, 0.2) is 107 Å². The van der Waals surface area contributed by atoms with E-state index in [1.165, 1.54) is 17.5 Å². The molecule has 0 unspecified atom stereocenters. The van der Waals surface area contributed by atoms with Crippen LogP contribution in [0.25, 0.3) is 0 Å². The molecule has 0 bridgehead atoms. The van der Waals surface area contributed by atoms with Crippen molar-refractivity contribution in [3.63, 3.8) is 0 Å². The number of benzene rings is 4. The van der Waals surface area contributed by atoms with Crippen LogP contribution in [0.3, 0.4) is 0 Å². The van der Waals surface area contributed by atoms with Crippen LogP contribution in [-0.4, -0.2) is 0 Å². The molecule has 0 amide bonds. The van der Waals surface area contributed by atoms with E-state index in [1.807, 2.05) is 72.8 Å².